The van der Waals surface area contributed by atoms with Crippen LogP contribution in [-0.4, -0.2) is 6.21 Å². The predicted octanol–water partition coefficient (Wildman–Crippen LogP) is 4.35. The number of benzene rings is 1. The van der Waals surface area contributed by atoms with E-state index in [0.29, 0.717) is 0 Å². The molecule has 0 saturated carbocycles. The molecule has 0 radical (unpaired) electrons. The molecular weight excluding hydrogens is 214 g/mol. The normalized spacial score (nSPS) is 11.4. The minimum Gasteiger partial charge on any atom is -0.269 e. The molecular formula is C14H17NS. The van der Waals surface area contributed by atoms with Gasteiger partial charge in [0.15, 0.2) is 0 Å². The van der Waals surface area contributed by atoms with Crippen LogP contribution >= 0.6 is 11.8 Å². The summed E-state index contributed by atoms with van der Waals surface area (Å²) >= 11 is 1.73. The van der Waals surface area contributed by atoms with Crippen molar-refractivity contribution in [2.45, 2.75) is 19.6 Å². The van der Waals surface area contributed by atoms with E-state index in [2.05, 4.69) is 42.8 Å². The lowest BCUT2D eigenvalue weighted by molar-refractivity contribution is 1.37. The first kappa shape index (κ1) is 12.8. The largest absolute Gasteiger partial charge is 0.269 e. The van der Waals surface area contributed by atoms with Crippen molar-refractivity contribution in [1.29, 1.82) is 0 Å². The highest BCUT2D eigenvalue weighted by atomic mass is 32.2. The van der Waals surface area contributed by atoms with Crippen LogP contribution < -0.4 is 0 Å². The number of aryl methyl sites for hydroxylation is 1. The van der Waals surface area contributed by atoms with Gasteiger partial charge < -0.3 is 0 Å². The Kier molecular flexibility index (Phi) is 5.65. The molecule has 0 atom stereocenters. The quantitative estimate of drug-likeness (QED) is 0.542. The van der Waals surface area contributed by atoms with Crippen LogP contribution in [0.1, 0.15) is 18.1 Å². The molecule has 0 aliphatic heterocycles. The number of rotatable bonds is 5. The standard InChI is InChI=1S/C14H17NS/c1-4-15-10-9-13(3)16-11-14-7-5-12(2)6-8-14/h4-10H,3,11H2,1-2H3/b10-9-,15-4?. The average molecular weight is 231 g/mol. The van der Waals surface area contributed by atoms with Crippen molar-refractivity contribution in [3.05, 3.63) is 59.2 Å². The second-order valence-electron chi connectivity index (χ2n) is 3.46. The zero-order valence-electron chi connectivity index (χ0n) is 9.81. The van der Waals surface area contributed by atoms with E-state index in [-0.39, 0.29) is 0 Å². The van der Waals surface area contributed by atoms with Gasteiger partial charge in [0.2, 0.25) is 0 Å². The molecule has 0 saturated heterocycles. The molecule has 16 heavy (non-hydrogen) atoms. The van der Waals surface area contributed by atoms with Gasteiger partial charge in [0.25, 0.3) is 0 Å². The summed E-state index contributed by atoms with van der Waals surface area (Å²) in [6.45, 7) is 7.96. The SMILES string of the molecule is C=C(/C=C\N=CC)SCc1ccc(C)cc1. The second kappa shape index (κ2) is 7.07. The fourth-order valence-electron chi connectivity index (χ4n) is 1.12. The number of aliphatic imine (C=N–C) groups is 1. The number of allylic oxidation sites excluding steroid dienone is 1. The number of thioether (sulfide) groups is 1. The summed E-state index contributed by atoms with van der Waals surface area (Å²) in [4.78, 5) is 5.03. The van der Waals surface area contributed by atoms with E-state index < -0.39 is 0 Å². The number of nitrogens with zero attached hydrogens (tertiary/aromatic N) is 1. The average Bonchev–Trinajstić information content (AvgIpc) is 2.29. The molecule has 2 heteroatoms. The van der Waals surface area contributed by atoms with Crippen LogP contribution in [0.25, 0.3) is 0 Å². The van der Waals surface area contributed by atoms with E-state index >= 15 is 0 Å². The van der Waals surface area contributed by atoms with Gasteiger partial charge in [-0.1, -0.05) is 36.4 Å². The van der Waals surface area contributed by atoms with E-state index in [4.69, 9.17) is 0 Å². The smallest absolute Gasteiger partial charge is 0.0274 e. The van der Waals surface area contributed by atoms with Crippen LogP contribution in [-0.2, 0) is 5.75 Å². The van der Waals surface area contributed by atoms with Crippen molar-refractivity contribution < 1.29 is 0 Å². The third-order valence-electron chi connectivity index (χ3n) is 2.04. The zero-order valence-corrected chi connectivity index (χ0v) is 10.6. The third kappa shape index (κ3) is 4.99. The Hall–Kier alpha value is -1.28. The first-order valence-electron chi connectivity index (χ1n) is 5.24. The van der Waals surface area contributed by atoms with Gasteiger partial charge in [-0.3, -0.25) is 4.99 Å². The Bertz CT molecular complexity index is 388. The van der Waals surface area contributed by atoms with Gasteiger partial charge in [-0.25, -0.2) is 0 Å². The second-order valence-corrected chi connectivity index (χ2v) is 4.57. The molecule has 1 rings (SSSR count). The minimum atomic E-state index is 0.958. The fraction of sp³-hybridized carbons (Fsp3) is 0.214. The van der Waals surface area contributed by atoms with Crippen LogP contribution in [0.5, 0.6) is 0 Å². The van der Waals surface area contributed by atoms with E-state index in [9.17, 15) is 0 Å². The molecule has 0 bridgehead atoms. The van der Waals surface area contributed by atoms with Crippen LogP contribution in [0.3, 0.4) is 0 Å². The summed E-state index contributed by atoms with van der Waals surface area (Å²) in [5, 5.41) is 0. The zero-order chi connectivity index (χ0) is 11.8. The van der Waals surface area contributed by atoms with Crippen molar-refractivity contribution in [2.24, 2.45) is 4.99 Å². The monoisotopic (exact) mass is 231 g/mol. The lowest BCUT2D eigenvalue weighted by atomic mass is 10.2. The molecule has 0 aromatic heterocycles. The minimum absolute atomic E-state index is 0.958. The summed E-state index contributed by atoms with van der Waals surface area (Å²) in [5.74, 6) is 0.958. The van der Waals surface area contributed by atoms with Crippen LogP contribution in [0.4, 0.5) is 0 Å². The highest BCUT2D eigenvalue weighted by Gasteiger charge is 1.94. The lowest BCUT2D eigenvalue weighted by Gasteiger charge is -2.01. The molecule has 1 nitrogen and oxygen atoms in total. The summed E-state index contributed by atoms with van der Waals surface area (Å²) in [7, 11) is 0. The Morgan fingerprint density at radius 3 is 2.69 bits per heavy atom. The summed E-state index contributed by atoms with van der Waals surface area (Å²) < 4.78 is 0. The van der Waals surface area contributed by atoms with Crippen molar-refractivity contribution >= 4 is 18.0 Å². The maximum Gasteiger partial charge on any atom is 0.0274 e. The molecule has 1 aromatic carbocycles. The topological polar surface area (TPSA) is 12.4 Å². The maximum atomic E-state index is 4.00. The highest BCUT2D eigenvalue weighted by Crippen LogP contribution is 2.20. The van der Waals surface area contributed by atoms with Crippen LogP contribution in [0, 0.1) is 6.92 Å². The molecule has 0 N–H and O–H groups in total. The Morgan fingerprint density at radius 1 is 1.38 bits per heavy atom. The fourth-order valence-corrected chi connectivity index (χ4v) is 1.82. The van der Waals surface area contributed by atoms with Gasteiger partial charge in [0.05, 0.1) is 0 Å². The molecule has 84 valence electrons. The van der Waals surface area contributed by atoms with E-state index in [1.165, 1.54) is 11.1 Å². The van der Waals surface area contributed by atoms with Gasteiger partial charge in [-0.05, 0) is 25.5 Å². The van der Waals surface area contributed by atoms with Crippen molar-refractivity contribution in [2.75, 3.05) is 0 Å². The van der Waals surface area contributed by atoms with Gasteiger partial charge in [0.1, 0.15) is 0 Å². The highest BCUT2D eigenvalue weighted by molar-refractivity contribution is 8.02. The summed E-state index contributed by atoms with van der Waals surface area (Å²) in [5.41, 5.74) is 2.62. The van der Waals surface area contributed by atoms with Gasteiger partial charge in [-0.2, -0.15) is 0 Å². The van der Waals surface area contributed by atoms with E-state index in [0.717, 1.165) is 10.7 Å². The number of hydrogen-bond donors (Lipinski definition) is 0. The lowest BCUT2D eigenvalue weighted by Crippen LogP contribution is -1.80. The molecule has 0 spiro atoms. The molecule has 0 heterocycles. The van der Waals surface area contributed by atoms with Crippen molar-refractivity contribution in [1.82, 2.24) is 0 Å². The van der Waals surface area contributed by atoms with E-state index in [1.807, 2.05) is 13.0 Å². The number of hydrogen-bond acceptors (Lipinski definition) is 2. The molecule has 0 aliphatic carbocycles. The van der Waals surface area contributed by atoms with Crippen molar-refractivity contribution in [3.8, 4) is 0 Å². The molecule has 0 aliphatic rings. The molecule has 1 aromatic rings. The van der Waals surface area contributed by atoms with Crippen molar-refractivity contribution in [3.63, 3.8) is 0 Å². The maximum absolute atomic E-state index is 4.00. The molecule has 0 fully saturated rings. The molecule has 0 unspecified atom stereocenters. The van der Waals surface area contributed by atoms with Gasteiger partial charge >= 0.3 is 0 Å². The molecule has 0 amide bonds. The van der Waals surface area contributed by atoms with E-state index in [1.54, 1.807) is 24.2 Å². The van der Waals surface area contributed by atoms with Gasteiger partial charge in [-0.15, -0.1) is 11.8 Å². The van der Waals surface area contributed by atoms with Crippen LogP contribution in [0.2, 0.25) is 0 Å². The Balaban J connectivity index is 2.40. The Morgan fingerprint density at radius 2 is 2.06 bits per heavy atom. The Labute approximate surface area is 102 Å². The predicted molar refractivity (Wildman–Crippen MR) is 74.9 cm³/mol. The first-order chi connectivity index (χ1) is 7.72. The third-order valence-corrected chi connectivity index (χ3v) is 3.02. The van der Waals surface area contributed by atoms with Crippen LogP contribution in [0.15, 0.2) is 53.0 Å². The summed E-state index contributed by atoms with van der Waals surface area (Å²) in [6.07, 6.45) is 5.46. The summed E-state index contributed by atoms with van der Waals surface area (Å²) in [6, 6.07) is 8.58. The first-order valence-corrected chi connectivity index (χ1v) is 6.22. The van der Waals surface area contributed by atoms with Gasteiger partial charge in [0, 0.05) is 23.1 Å².